The van der Waals surface area contributed by atoms with Crippen molar-refractivity contribution in [1.29, 1.82) is 5.26 Å². The zero-order valence-corrected chi connectivity index (χ0v) is 21.9. The maximum atomic E-state index is 13.1. The average molecular weight is 526 g/mol. The van der Waals surface area contributed by atoms with Gasteiger partial charge in [-0.2, -0.15) is 5.26 Å². The molecular formula is C27H32ClN5O4. The molecule has 0 aliphatic carbocycles. The second-order valence-corrected chi connectivity index (χ2v) is 8.72. The molecule has 2 heterocycles. The van der Waals surface area contributed by atoms with Gasteiger partial charge in [0.15, 0.2) is 0 Å². The minimum atomic E-state index is -0.533. The van der Waals surface area contributed by atoms with Gasteiger partial charge in [0.1, 0.15) is 23.1 Å². The number of hydrogen-bond donors (Lipinski definition) is 0. The van der Waals surface area contributed by atoms with Gasteiger partial charge in [-0.15, -0.1) is 12.4 Å². The molecule has 4 rings (SSSR count). The van der Waals surface area contributed by atoms with Crippen LogP contribution in [0.2, 0.25) is 0 Å². The molecule has 1 aliphatic heterocycles. The van der Waals surface area contributed by atoms with Crippen LogP contribution in [-0.4, -0.2) is 61.0 Å². The highest BCUT2D eigenvalue weighted by atomic mass is 35.5. The third-order valence-corrected chi connectivity index (χ3v) is 6.52. The predicted octanol–water partition coefficient (Wildman–Crippen LogP) is 2.58. The van der Waals surface area contributed by atoms with E-state index >= 15 is 0 Å². The van der Waals surface area contributed by atoms with Crippen LogP contribution in [0, 0.1) is 11.3 Å². The summed E-state index contributed by atoms with van der Waals surface area (Å²) in [5.74, 6) is 1.59. The van der Waals surface area contributed by atoms with E-state index < -0.39 is 11.2 Å². The number of ether oxygens (including phenoxy) is 2. The first-order valence-corrected chi connectivity index (χ1v) is 12.0. The molecule has 3 aromatic rings. The van der Waals surface area contributed by atoms with E-state index in [1.807, 2.05) is 48.5 Å². The third kappa shape index (κ3) is 6.53. The van der Waals surface area contributed by atoms with Crippen LogP contribution in [0.3, 0.4) is 0 Å². The Bertz CT molecular complexity index is 1340. The van der Waals surface area contributed by atoms with E-state index in [0.717, 1.165) is 55.5 Å². The van der Waals surface area contributed by atoms with E-state index in [2.05, 4.69) is 15.9 Å². The van der Waals surface area contributed by atoms with Crippen molar-refractivity contribution in [1.82, 2.24) is 14.0 Å². The van der Waals surface area contributed by atoms with Crippen molar-refractivity contribution < 1.29 is 9.47 Å². The van der Waals surface area contributed by atoms with E-state index in [1.165, 1.54) is 15.3 Å². The Labute approximate surface area is 222 Å². The quantitative estimate of drug-likeness (QED) is 0.424. The number of para-hydroxylation sites is 2. The SMILES string of the molecule is COc1ccc(Cn2cc(C#N)c(=O)n(CCCN3CCN(c4ccccc4OC)CC3)c2=O)cc1.Cl. The number of anilines is 1. The fraction of sp³-hybridized carbons (Fsp3) is 0.370. The molecule has 2 aromatic carbocycles. The summed E-state index contributed by atoms with van der Waals surface area (Å²) in [6.45, 7) is 4.81. The summed E-state index contributed by atoms with van der Waals surface area (Å²) in [7, 11) is 3.28. The van der Waals surface area contributed by atoms with Crippen molar-refractivity contribution in [2.24, 2.45) is 0 Å². The molecule has 1 saturated heterocycles. The van der Waals surface area contributed by atoms with Crippen LogP contribution in [-0.2, 0) is 13.1 Å². The van der Waals surface area contributed by atoms with Crippen LogP contribution in [0.15, 0.2) is 64.3 Å². The van der Waals surface area contributed by atoms with Gasteiger partial charge in [-0.1, -0.05) is 24.3 Å². The Morgan fingerprint density at radius 2 is 1.62 bits per heavy atom. The Morgan fingerprint density at radius 1 is 0.919 bits per heavy atom. The lowest BCUT2D eigenvalue weighted by Gasteiger charge is -2.36. The second-order valence-electron chi connectivity index (χ2n) is 8.72. The summed E-state index contributed by atoms with van der Waals surface area (Å²) in [5, 5.41) is 9.46. The number of methoxy groups -OCH3 is 2. The lowest BCUT2D eigenvalue weighted by Crippen LogP contribution is -2.47. The van der Waals surface area contributed by atoms with Crippen LogP contribution in [0.4, 0.5) is 5.69 Å². The van der Waals surface area contributed by atoms with Crippen LogP contribution >= 0.6 is 12.4 Å². The largest absolute Gasteiger partial charge is 0.497 e. The highest BCUT2D eigenvalue weighted by Gasteiger charge is 2.19. The minimum Gasteiger partial charge on any atom is -0.497 e. The maximum Gasteiger partial charge on any atom is 0.331 e. The lowest BCUT2D eigenvalue weighted by atomic mass is 10.2. The summed E-state index contributed by atoms with van der Waals surface area (Å²) in [4.78, 5) is 30.5. The molecule has 1 aromatic heterocycles. The molecule has 37 heavy (non-hydrogen) atoms. The molecule has 0 radical (unpaired) electrons. The predicted molar refractivity (Wildman–Crippen MR) is 145 cm³/mol. The number of aromatic nitrogens is 2. The van der Waals surface area contributed by atoms with Gasteiger partial charge in [-0.05, 0) is 42.8 Å². The van der Waals surface area contributed by atoms with Crippen LogP contribution in [0.1, 0.15) is 17.5 Å². The molecule has 0 atom stereocenters. The summed E-state index contributed by atoms with van der Waals surface area (Å²) < 4.78 is 13.3. The first-order valence-electron chi connectivity index (χ1n) is 12.0. The Morgan fingerprint density at radius 3 is 2.27 bits per heavy atom. The van der Waals surface area contributed by atoms with Crippen LogP contribution in [0.25, 0.3) is 0 Å². The van der Waals surface area contributed by atoms with E-state index in [0.29, 0.717) is 6.42 Å². The molecular weight excluding hydrogens is 494 g/mol. The van der Waals surface area contributed by atoms with E-state index in [1.54, 1.807) is 14.2 Å². The number of nitriles is 1. The number of benzene rings is 2. The highest BCUT2D eigenvalue weighted by molar-refractivity contribution is 5.85. The zero-order valence-electron chi connectivity index (χ0n) is 21.1. The maximum absolute atomic E-state index is 13.1. The van der Waals surface area contributed by atoms with Crippen LogP contribution in [0.5, 0.6) is 11.5 Å². The molecule has 10 heteroatoms. The fourth-order valence-electron chi connectivity index (χ4n) is 4.52. The zero-order chi connectivity index (χ0) is 25.5. The molecule has 196 valence electrons. The van der Waals surface area contributed by atoms with Crippen molar-refractivity contribution >= 4 is 18.1 Å². The smallest absolute Gasteiger partial charge is 0.331 e. The van der Waals surface area contributed by atoms with Crippen molar-refractivity contribution in [2.75, 3.05) is 51.8 Å². The normalized spacial score (nSPS) is 13.5. The third-order valence-electron chi connectivity index (χ3n) is 6.52. The Hall–Kier alpha value is -3.74. The van der Waals surface area contributed by atoms with Crippen LogP contribution < -0.4 is 25.6 Å². The molecule has 1 aliphatic rings. The van der Waals surface area contributed by atoms with Gasteiger partial charge in [0.2, 0.25) is 0 Å². The van der Waals surface area contributed by atoms with E-state index in [4.69, 9.17) is 9.47 Å². The monoisotopic (exact) mass is 525 g/mol. The minimum absolute atomic E-state index is 0. The molecule has 0 amide bonds. The van der Waals surface area contributed by atoms with Crippen molar-refractivity contribution in [3.05, 3.63) is 86.7 Å². The number of hydrogen-bond acceptors (Lipinski definition) is 7. The Balaban J connectivity index is 0.00000380. The fourth-order valence-corrected chi connectivity index (χ4v) is 4.52. The molecule has 0 N–H and O–H groups in total. The van der Waals surface area contributed by atoms with Gasteiger partial charge < -0.3 is 14.4 Å². The van der Waals surface area contributed by atoms with Gasteiger partial charge >= 0.3 is 5.69 Å². The molecule has 0 spiro atoms. The second kappa shape index (κ2) is 13.0. The first-order chi connectivity index (χ1) is 17.5. The molecule has 0 unspecified atom stereocenters. The number of halogens is 1. The van der Waals surface area contributed by atoms with Gasteiger partial charge in [-0.25, -0.2) is 4.79 Å². The van der Waals surface area contributed by atoms with Gasteiger partial charge in [0, 0.05) is 38.9 Å². The lowest BCUT2D eigenvalue weighted by molar-refractivity contribution is 0.248. The van der Waals surface area contributed by atoms with Crippen molar-refractivity contribution in [2.45, 2.75) is 19.5 Å². The molecule has 9 nitrogen and oxygen atoms in total. The summed E-state index contributed by atoms with van der Waals surface area (Å²) in [6.07, 6.45) is 1.99. The van der Waals surface area contributed by atoms with E-state index in [9.17, 15) is 14.9 Å². The highest BCUT2D eigenvalue weighted by Crippen LogP contribution is 2.28. The number of nitrogens with zero attached hydrogens (tertiary/aromatic N) is 5. The van der Waals surface area contributed by atoms with Crippen molar-refractivity contribution in [3.8, 4) is 17.6 Å². The van der Waals surface area contributed by atoms with Gasteiger partial charge in [-0.3, -0.25) is 18.8 Å². The number of piperazine rings is 1. The standard InChI is InChI=1S/C27H31N5O4.ClH/c1-35-23-10-8-21(9-11-23)19-31-20-22(18-28)26(33)32(27(31)34)13-5-12-29-14-16-30(17-15-29)24-6-3-4-7-25(24)36-2;/h3-4,6-11,20H,5,12-17,19H2,1-2H3;1H. The molecule has 1 fully saturated rings. The topological polar surface area (TPSA) is 92.7 Å². The van der Waals surface area contributed by atoms with Crippen molar-refractivity contribution in [3.63, 3.8) is 0 Å². The van der Waals surface area contributed by atoms with E-state index in [-0.39, 0.29) is 31.1 Å². The van der Waals surface area contributed by atoms with Gasteiger partial charge in [0.05, 0.1) is 26.5 Å². The molecule has 0 bridgehead atoms. The Kier molecular flexibility index (Phi) is 9.78. The summed E-state index contributed by atoms with van der Waals surface area (Å²) in [5.41, 5.74) is 0.996. The first kappa shape index (κ1) is 27.8. The molecule has 0 saturated carbocycles. The summed E-state index contributed by atoms with van der Waals surface area (Å²) >= 11 is 0. The average Bonchev–Trinajstić information content (AvgIpc) is 2.92. The number of rotatable bonds is 9. The summed E-state index contributed by atoms with van der Waals surface area (Å²) in [6, 6.07) is 17.3. The van der Waals surface area contributed by atoms with Gasteiger partial charge in [0.25, 0.3) is 5.56 Å².